The van der Waals surface area contributed by atoms with E-state index in [-0.39, 0.29) is 29.5 Å². The van der Waals surface area contributed by atoms with Crippen LogP contribution in [0.15, 0.2) is 35.3 Å². The Kier molecular flexibility index (Phi) is 11.0. The highest BCUT2D eigenvalue weighted by molar-refractivity contribution is 14.0. The highest BCUT2D eigenvalue weighted by Crippen LogP contribution is 2.07. The Morgan fingerprint density at radius 3 is 2.39 bits per heavy atom. The molecule has 0 radical (unpaired) electrons. The Labute approximate surface area is 157 Å². The number of para-hydroxylation sites is 1. The topological polar surface area (TPSA) is 48.9 Å². The molecule has 0 aliphatic heterocycles. The van der Waals surface area contributed by atoms with E-state index in [4.69, 9.17) is 4.74 Å². The molecule has 0 fully saturated rings. The van der Waals surface area contributed by atoms with Crippen LogP contribution in [-0.4, -0.2) is 56.7 Å². The van der Waals surface area contributed by atoms with E-state index in [1.807, 2.05) is 37.4 Å². The second-order valence-corrected chi connectivity index (χ2v) is 6.23. The van der Waals surface area contributed by atoms with Crippen molar-refractivity contribution in [3.63, 3.8) is 0 Å². The molecule has 2 N–H and O–H groups in total. The van der Waals surface area contributed by atoms with Gasteiger partial charge in [-0.15, -0.1) is 24.0 Å². The van der Waals surface area contributed by atoms with Crippen LogP contribution in [0, 0.1) is 0 Å². The molecule has 0 aliphatic carbocycles. The van der Waals surface area contributed by atoms with Crippen molar-refractivity contribution in [1.82, 2.24) is 15.5 Å². The van der Waals surface area contributed by atoms with Gasteiger partial charge in [0, 0.05) is 32.7 Å². The first-order valence-corrected chi connectivity index (χ1v) is 7.77. The van der Waals surface area contributed by atoms with Crippen LogP contribution >= 0.6 is 24.0 Å². The zero-order valence-corrected chi connectivity index (χ0v) is 17.3. The van der Waals surface area contributed by atoms with E-state index in [2.05, 4.69) is 41.3 Å². The van der Waals surface area contributed by atoms with E-state index in [9.17, 15) is 0 Å². The number of nitrogens with one attached hydrogen (secondary N) is 2. The van der Waals surface area contributed by atoms with Gasteiger partial charge in [0.15, 0.2) is 5.96 Å². The number of hydrogen-bond acceptors (Lipinski definition) is 3. The van der Waals surface area contributed by atoms with Gasteiger partial charge in [0.2, 0.25) is 0 Å². The molecule has 0 saturated carbocycles. The quantitative estimate of drug-likeness (QED) is 0.300. The predicted octanol–water partition coefficient (Wildman–Crippen LogP) is 2.58. The molecule has 1 rings (SSSR count). The summed E-state index contributed by atoms with van der Waals surface area (Å²) in [4.78, 5) is 6.37. The molecule has 23 heavy (non-hydrogen) atoms. The van der Waals surface area contributed by atoms with Crippen molar-refractivity contribution in [2.75, 3.05) is 40.3 Å². The SMILES string of the molecule is CN=C(NCCNC(C)(C)C)N(C)CCOc1ccccc1.I. The molecule has 0 atom stereocenters. The van der Waals surface area contributed by atoms with Crippen LogP contribution in [-0.2, 0) is 0 Å². The van der Waals surface area contributed by atoms with Crippen LogP contribution < -0.4 is 15.4 Å². The number of likely N-dealkylation sites (N-methyl/N-ethyl adjacent to an activating group) is 1. The van der Waals surface area contributed by atoms with E-state index >= 15 is 0 Å². The summed E-state index contributed by atoms with van der Waals surface area (Å²) < 4.78 is 5.70. The number of hydrogen-bond donors (Lipinski definition) is 2. The van der Waals surface area contributed by atoms with Crippen molar-refractivity contribution < 1.29 is 4.74 Å². The van der Waals surface area contributed by atoms with Crippen molar-refractivity contribution >= 4 is 29.9 Å². The second-order valence-electron chi connectivity index (χ2n) is 6.23. The first-order chi connectivity index (χ1) is 10.4. The summed E-state index contributed by atoms with van der Waals surface area (Å²) in [7, 11) is 3.81. The van der Waals surface area contributed by atoms with E-state index < -0.39 is 0 Å². The number of rotatable bonds is 7. The maximum Gasteiger partial charge on any atom is 0.193 e. The van der Waals surface area contributed by atoms with Gasteiger partial charge in [-0.1, -0.05) is 18.2 Å². The summed E-state index contributed by atoms with van der Waals surface area (Å²) in [6.45, 7) is 9.63. The van der Waals surface area contributed by atoms with Gasteiger partial charge in [-0.3, -0.25) is 4.99 Å². The third-order valence-corrected chi connectivity index (χ3v) is 3.08. The van der Waals surface area contributed by atoms with Gasteiger partial charge < -0.3 is 20.3 Å². The minimum Gasteiger partial charge on any atom is -0.492 e. The Hall–Kier alpha value is -1.02. The Morgan fingerprint density at radius 1 is 1.17 bits per heavy atom. The van der Waals surface area contributed by atoms with Crippen LogP contribution in [0.5, 0.6) is 5.75 Å². The van der Waals surface area contributed by atoms with Gasteiger partial charge in [0.05, 0.1) is 6.54 Å². The number of halogens is 1. The number of aliphatic imine (C=N–C) groups is 1. The Balaban J connectivity index is 0.00000484. The first kappa shape index (κ1) is 22.0. The third kappa shape index (κ3) is 10.4. The van der Waals surface area contributed by atoms with Gasteiger partial charge in [-0.2, -0.15) is 0 Å². The predicted molar refractivity (Wildman–Crippen MR) is 109 cm³/mol. The molecule has 0 unspecified atom stereocenters. The van der Waals surface area contributed by atoms with Crippen LogP contribution in [0.4, 0.5) is 0 Å². The fraction of sp³-hybridized carbons (Fsp3) is 0.588. The van der Waals surface area contributed by atoms with Gasteiger partial charge in [0.25, 0.3) is 0 Å². The van der Waals surface area contributed by atoms with Crippen molar-refractivity contribution in [3.8, 4) is 5.75 Å². The molecule has 0 aromatic heterocycles. The molecule has 0 heterocycles. The molecule has 5 nitrogen and oxygen atoms in total. The first-order valence-electron chi connectivity index (χ1n) is 7.77. The maximum absolute atomic E-state index is 5.70. The highest BCUT2D eigenvalue weighted by Gasteiger charge is 2.09. The van der Waals surface area contributed by atoms with E-state index in [0.717, 1.165) is 31.3 Å². The Bertz CT molecular complexity index is 446. The zero-order chi connectivity index (χ0) is 16.4. The van der Waals surface area contributed by atoms with Crippen LogP contribution in [0.2, 0.25) is 0 Å². The van der Waals surface area contributed by atoms with E-state index in [1.165, 1.54) is 0 Å². The fourth-order valence-electron chi connectivity index (χ4n) is 1.92. The monoisotopic (exact) mass is 434 g/mol. The molecule has 132 valence electrons. The molecule has 6 heteroatoms. The fourth-order valence-corrected chi connectivity index (χ4v) is 1.92. The number of benzene rings is 1. The lowest BCUT2D eigenvalue weighted by Gasteiger charge is -2.24. The number of nitrogens with zero attached hydrogens (tertiary/aromatic N) is 2. The average Bonchev–Trinajstić information content (AvgIpc) is 2.47. The van der Waals surface area contributed by atoms with Gasteiger partial charge in [0.1, 0.15) is 12.4 Å². The highest BCUT2D eigenvalue weighted by atomic mass is 127. The minimum atomic E-state index is 0. The molecule has 1 aromatic carbocycles. The van der Waals surface area contributed by atoms with E-state index in [0.29, 0.717) is 6.61 Å². The normalized spacial score (nSPS) is 11.6. The molecule has 0 aliphatic rings. The van der Waals surface area contributed by atoms with E-state index in [1.54, 1.807) is 7.05 Å². The molecule has 0 amide bonds. The van der Waals surface area contributed by atoms with Crippen LogP contribution in [0.25, 0.3) is 0 Å². The van der Waals surface area contributed by atoms with Gasteiger partial charge >= 0.3 is 0 Å². The van der Waals surface area contributed by atoms with Gasteiger partial charge in [-0.25, -0.2) is 0 Å². The van der Waals surface area contributed by atoms with Crippen molar-refractivity contribution in [2.45, 2.75) is 26.3 Å². The van der Waals surface area contributed by atoms with Crippen molar-refractivity contribution in [2.24, 2.45) is 4.99 Å². The second kappa shape index (κ2) is 11.5. The Morgan fingerprint density at radius 2 is 1.83 bits per heavy atom. The average molecular weight is 434 g/mol. The van der Waals surface area contributed by atoms with Crippen molar-refractivity contribution in [3.05, 3.63) is 30.3 Å². The molecule has 0 saturated heterocycles. The van der Waals surface area contributed by atoms with Crippen molar-refractivity contribution in [1.29, 1.82) is 0 Å². The lowest BCUT2D eigenvalue weighted by Crippen LogP contribution is -2.45. The lowest BCUT2D eigenvalue weighted by molar-refractivity contribution is 0.281. The van der Waals surface area contributed by atoms with Gasteiger partial charge in [-0.05, 0) is 32.9 Å². The smallest absolute Gasteiger partial charge is 0.193 e. The molecule has 0 spiro atoms. The largest absolute Gasteiger partial charge is 0.492 e. The summed E-state index contributed by atoms with van der Waals surface area (Å²) in [5.74, 6) is 1.78. The number of ether oxygens (including phenoxy) is 1. The number of guanidine groups is 1. The summed E-state index contributed by atoms with van der Waals surface area (Å²) in [6, 6.07) is 9.86. The molecular weight excluding hydrogens is 403 g/mol. The summed E-state index contributed by atoms with van der Waals surface area (Å²) >= 11 is 0. The summed E-state index contributed by atoms with van der Waals surface area (Å²) in [5, 5.41) is 6.79. The molecular formula is C17H31IN4O. The molecule has 1 aromatic rings. The summed E-state index contributed by atoms with van der Waals surface area (Å²) in [6.07, 6.45) is 0. The van der Waals surface area contributed by atoms with Crippen LogP contribution in [0.1, 0.15) is 20.8 Å². The minimum absolute atomic E-state index is 0. The maximum atomic E-state index is 5.70. The summed E-state index contributed by atoms with van der Waals surface area (Å²) in [5.41, 5.74) is 0.140. The lowest BCUT2D eigenvalue weighted by atomic mass is 10.1. The van der Waals surface area contributed by atoms with Crippen LogP contribution in [0.3, 0.4) is 0 Å². The standard InChI is InChI=1S/C17H30N4O.HI/c1-17(2,3)20-12-11-19-16(18-4)21(5)13-14-22-15-9-7-6-8-10-15;/h6-10,20H,11-14H2,1-5H3,(H,18,19);1H. The third-order valence-electron chi connectivity index (χ3n) is 3.08. The molecule has 0 bridgehead atoms. The zero-order valence-electron chi connectivity index (χ0n) is 14.9.